The molecule has 10 nitrogen and oxygen atoms in total. The summed E-state index contributed by atoms with van der Waals surface area (Å²) in [4.78, 5) is 28.5. The molecule has 2 fully saturated rings. The zero-order chi connectivity index (χ0) is 28.9. The first kappa shape index (κ1) is 28.4. The van der Waals surface area contributed by atoms with Gasteiger partial charge in [0.05, 0.1) is 17.5 Å². The van der Waals surface area contributed by atoms with E-state index in [4.69, 9.17) is 15.1 Å². The molecule has 3 aliphatic heterocycles. The van der Waals surface area contributed by atoms with Crippen molar-refractivity contribution in [2.75, 3.05) is 57.9 Å². The number of carbonyl (C=O) groups is 1. The van der Waals surface area contributed by atoms with Gasteiger partial charge in [0.2, 0.25) is 5.91 Å². The molecule has 2 saturated heterocycles. The molecule has 0 saturated carbocycles. The van der Waals surface area contributed by atoms with Crippen LogP contribution in [0.2, 0.25) is 0 Å². The molecular weight excluding hydrogens is 543 g/mol. The van der Waals surface area contributed by atoms with Crippen LogP contribution in [0.15, 0.2) is 52.4 Å². The number of piperazine rings is 1. The Hall–Kier alpha value is -4.08. The summed E-state index contributed by atoms with van der Waals surface area (Å²) in [5.74, 6) is 0.669. The van der Waals surface area contributed by atoms with Gasteiger partial charge in [-0.1, -0.05) is 11.3 Å². The van der Waals surface area contributed by atoms with Crippen molar-refractivity contribution in [3.8, 4) is 17.3 Å². The van der Waals surface area contributed by atoms with E-state index in [-0.39, 0.29) is 23.5 Å². The number of amidine groups is 1. The lowest BCUT2D eigenvalue weighted by Gasteiger charge is -2.39. The van der Waals surface area contributed by atoms with Crippen LogP contribution in [-0.2, 0) is 9.53 Å². The van der Waals surface area contributed by atoms with Gasteiger partial charge in [-0.3, -0.25) is 10.2 Å². The van der Waals surface area contributed by atoms with E-state index in [0.29, 0.717) is 78.6 Å². The maximum absolute atomic E-state index is 13.5. The van der Waals surface area contributed by atoms with Gasteiger partial charge in [-0.05, 0) is 50.1 Å². The highest BCUT2D eigenvalue weighted by Gasteiger charge is 2.30. The summed E-state index contributed by atoms with van der Waals surface area (Å²) in [6.07, 6.45) is 5.22. The standard InChI is InChI=1S/C29H33FN8O2S/c1-3-33-27(36(2)29-35-25(24(17-31)41-29)19-4-6-21(30)7-5-19)23-16-22(18-34-26(23)32)37-10-12-38(13-11-37)28(39)20-8-14-40-15-9-20/h4-7,16,18,20,32-33H,3,8-15H2,1-2H3/b27-23+,32-26?. The molecule has 214 valence electrons. The normalized spacial score (nSPS) is 19.1. The highest BCUT2D eigenvalue weighted by Crippen LogP contribution is 2.34. The Kier molecular flexibility index (Phi) is 8.75. The molecule has 2 N–H and O–H groups in total. The molecular formula is C29H33FN8O2S. The van der Waals surface area contributed by atoms with Gasteiger partial charge in [-0.25, -0.2) is 14.4 Å². The molecule has 41 heavy (non-hydrogen) atoms. The Morgan fingerprint density at radius 2 is 1.95 bits per heavy atom. The average molecular weight is 577 g/mol. The third-order valence-corrected chi connectivity index (χ3v) is 8.49. The maximum Gasteiger partial charge on any atom is 0.225 e. The molecule has 1 aromatic carbocycles. The van der Waals surface area contributed by atoms with Crippen LogP contribution in [-0.4, -0.2) is 85.7 Å². The maximum atomic E-state index is 13.5. The molecule has 0 bridgehead atoms. The van der Waals surface area contributed by atoms with Crippen LogP contribution in [0, 0.1) is 28.5 Å². The number of rotatable bonds is 7. The number of halogens is 1. The number of allylic oxidation sites excluding steroid dienone is 1. The predicted molar refractivity (Wildman–Crippen MR) is 157 cm³/mol. The number of hydrogen-bond donors (Lipinski definition) is 2. The highest BCUT2D eigenvalue weighted by molar-refractivity contribution is 7.16. The fourth-order valence-electron chi connectivity index (χ4n) is 5.18. The second-order valence-electron chi connectivity index (χ2n) is 10.0. The van der Waals surface area contributed by atoms with Crippen molar-refractivity contribution in [2.24, 2.45) is 10.9 Å². The number of hydrogen-bond acceptors (Lipinski definition) is 9. The van der Waals surface area contributed by atoms with Gasteiger partial charge in [-0.2, -0.15) is 5.26 Å². The number of nitrogens with zero attached hydrogens (tertiary/aromatic N) is 6. The number of thiazole rings is 1. The molecule has 1 aromatic heterocycles. The van der Waals surface area contributed by atoms with E-state index in [1.165, 1.54) is 23.5 Å². The second-order valence-corrected chi connectivity index (χ2v) is 11.0. The molecule has 0 unspecified atom stereocenters. The lowest BCUT2D eigenvalue weighted by Crippen LogP contribution is -2.50. The van der Waals surface area contributed by atoms with Crippen molar-refractivity contribution < 1.29 is 13.9 Å². The zero-order valence-corrected chi connectivity index (χ0v) is 24.0. The fourth-order valence-corrected chi connectivity index (χ4v) is 6.04. The third-order valence-electron chi connectivity index (χ3n) is 7.46. The first-order valence-electron chi connectivity index (χ1n) is 13.7. The minimum absolute atomic E-state index is 0.0509. The van der Waals surface area contributed by atoms with E-state index in [9.17, 15) is 14.4 Å². The molecule has 0 atom stereocenters. The summed E-state index contributed by atoms with van der Waals surface area (Å²) in [5.41, 5.74) is 2.62. The SMILES string of the molecule is CCN/C(=C1/C=C(N2CCN(C(=O)C3CCOCC3)CC2)C=NC1=N)N(C)c1nc(-c2ccc(F)cc2)c(C#N)s1. The van der Waals surface area contributed by atoms with Gasteiger partial charge in [0, 0.05) is 64.5 Å². The quantitative estimate of drug-likeness (QED) is 0.517. The monoisotopic (exact) mass is 576 g/mol. The number of ether oxygens (including phenoxy) is 1. The average Bonchev–Trinajstić information content (AvgIpc) is 3.45. The van der Waals surface area contributed by atoms with Gasteiger partial charge < -0.3 is 24.8 Å². The number of aromatic nitrogens is 1. The largest absolute Gasteiger partial charge is 0.381 e. The lowest BCUT2D eigenvalue weighted by molar-refractivity contribution is -0.140. The summed E-state index contributed by atoms with van der Waals surface area (Å²) in [5, 5.41) is 22.3. The Morgan fingerprint density at radius 3 is 2.61 bits per heavy atom. The number of carbonyl (C=O) groups excluding carboxylic acids is 1. The van der Waals surface area contributed by atoms with Crippen LogP contribution < -0.4 is 10.2 Å². The van der Waals surface area contributed by atoms with E-state index in [0.717, 1.165) is 18.5 Å². The van der Waals surface area contributed by atoms with Crippen LogP contribution in [0.1, 0.15) is 24.6 Å². The molecule has 2 aromatic rings. The number of amides is 1. The lowest BCUT2D eigenvalue weighted by atomic mass is 9.98. The van der Waals surface area contributed by atoms with E-state index in [2.05, 4.69) is 21.3 Å². The van der Waals surface area contributed by atoms with Crippen molar-refractivity contribution in [3.63, 3.8) is 0 Å². The summed E-state index contributed by atoms with van der Waals surface area (Å²) in [6, 6.07) is 8.11. The van der Waals surface area contributed by atoms with Crippen molar-refractivity contribution in [1.82, 2.24) is 20.1 Å². The Balaban J connectivity index is 1.37. The smallest absolute Gasteiger partial charge is 0.225 e. The molecule has 3 aliphatic rings. The third kappa shape index (κ3) is 6.16. The molecule has 0 spiro atoms. The first-order chi connectivity index (χ1) is 19.9. The molecule has 0 aliphatic carbocycles. The Morgan fingerprint density at radius 1 is 1.24 bits per heavy atom. The van der Waals surface area contributed by atoms with E-state index >= 15 is 0 Å². The number of aliphatic imine (C=N–C) groups is 1. The molecule has 5 rings (SSSR count). The van der Waals surface area contributed by atoms with Crippen molar-refractivity contribution >= 4 is 34.4 Å². The number of nitriles is 1. The first-order valence-corrected chi connectivity index (χ1v) is 14.6. The van der Waals surface area contributed by atoms with Crippen LogP contribution >= 0.6 is 11.3 Å². The van der Waals surface area contributed by atoms with Gasteiger partial charge >= 0.3 is 0 Å². The summed E-state index contributed by atoms with van der Waals surface area (Å²) in [6.45, 7) is 6.50. The fraction of sp³-hybridized carbons (Fsp3) is 0.414. The van der Waals surface area contributed by atoms with E-state index in [1.54, 1.807) is 18.3 Å². The second kappa shape index (κ2) is 12.6. The van der Waals surface area contributed by atoms with Crippen LogP contribution in [0.25, 0.3) is 11.3 Å². The Bertz CT molecular complexity index is 1430. The molecule has 4 heterocycles. The molecule has 1 amide bonds. The predicted octanol–water partition coefficient (Wildman–Crippen LogP) is 3.59. The van der Waals surface area contributed by atoms with Crippen molar-refractivity contribution in [2.45, 2.75) is 19.8 Å². The van der Waals surface area contributed by atoms with Gasteiger partial charge in [0.25, 0.3) is 0 Å². The molecule has 0 radical (unpaired) electrons. The minimum Gasteiger partial charge on any atom is -0.381 e. The van der Waals surface area contributed by atoms with Crippen molar-refractivity contribution in [1.29, 1.82) is 10.7 Å². The number of dihydropyridines is 1. The van der Waals surface area contributed by atoms with Gasteiger partial charge in [0.1, 0.15) is 28.3 Å². The van der Waals surface area contributed by atoms with Crippen LogP contribution in [0.5, 0.6) is 0 Å². The number of nitrogens with one attached hydrogen (secondary N) is 2. The highest BCUT2D eigenvalue weighted by atomic mass is 32.1. The van der Waals surface area contributed by atoms with Crippen molar-refractivity contribution in [3.05, 3.63) is 58.1 Å². The topological polar surface area (TPSA) is 121 Å². The Labute approximate surface area is 242 Å². The van der Waals surface area contributed by atoms with Crippen LogP contribution in [0.3, 0.4) is 0 Å². The zero-order valence-electron chi connectivity index (χ0n) is 23.2. The number of anilines is 1. The van der Waals surface area contributed by atoms with E-state index in [1.807, 2.05) is 29.8 Å². The summed E-state index contributed by atoms with van der Waals surface area (Å²) in [7, 11) is 1.83. The van der Waals surface area contributed by atoms with Gasteiger partial charge in [0.15, 0.2) is 11.0 Å². The summed E-state index contributed by atoms with van der Waals surface area (Å²) < 4.78 is 18.9. The molecule has 12 heteroatoms. The number of benzene rings is 1. The van der Waals surface area contributed by atoms with E-state index < -0.39 is 0 Å². The summed E-state index contributed by atoms with van der Waals surface area (Å²) >= 11 is 1.23. The minimum atomic E-state index is -0.356. The van der Waals surface area contributed by atoms with Crippen LogP contribution in [0.4, 0.5) is 9.52 Å². The van der Waals surface area contributed by atoms with Gasteiger partial charge in [-0.15, -0.1) is 0 Å².